The van der Waals surface area contributed by atoms with Gasteiger partial charge in [0.15, 0.2) is 0 Å². The van der Waals surface area contributed by atoms with E-state index in [1.165, 1.54) is 30.2 Å². The van der Waals surface area contributed by atoms with E-state index in [4.69, 9.17) is 0 Å². The number of rotatable bonds is 1. The van der Waals surface area contributed by atoms with Crippen molar-refractivity contribution >= 4 is 19.0 Å². The molecule has 0 saturated carbocycles. The van der Waals surface area contributed by atoms with E-state index in [9.17, 15) is 0 Å². The predicted molar refractivity (Wildman–Crippen MR) is 81.9 cm³/mol. The van der Waals surface area contributed by atoms with Crippen molar-refractivity contribution in [2.45, 2.75) is 44.4 Å². The Morgan fingerprint density at radius 2 is 1.89 bits per heavy atom. The lowest BCUT2D eigenvalue weighted by Gasteiger charge is -2.33. The number of para-hydroxylation sites is 1. The highest BCUT2D eigenvalue weighted by Crippen LogP contribution is 2.42. The fraction of sp³-hybridized carbons (Fsp3) is 0.500. The molecule has 96 valence electrons. The van der Waals surface area contributed by atoms with Crippen molar-refractivity contribution in [2.75, 3.05) is 0 Å². The third-order valence-corrected chi connectivity index (χ3v) is 7.21. The van der Waals surface area contributed by atoms with Crippen LogP contribution in [-0.2, 0) is 13.5 Å². The first-order valence-corrected chi connectivity index (χ1v) is 10.6. The molecule has 2 aromatic rings. The van der Waals surface area contributed by atoms with E-state index in [0.717, 1.165) is 5.54 Å². The molecule has 1 aromatic heterocycles. The van der Waals surface area contributed by atoms with E-state index in [2.05, 4.69) is 55.5 Å². The van der Waals surface area contributed by atoms with Crippen LogP contribution in [0, 0.1) is 0 Å². The first-order valence-electron chi connectivity index (χ1n) is 7.06. The second-order valence-electron chi connectivity index (χ2n) is 6.75. The summed E-state index contributed by atoms with van der Waals surface area (Å²) in [5, 5.41) is 1.50. The molecular formula is C16H23NSi. The summed E-state index contributed by atoms with van der Waals surface area (Å²) in [4.78, 5) is 0. The first-order chi connectivity index (χ1) is 8.50. The van der Waals surface area contributed by atoms with Crippen molar-refractivity contribution in [3.63, 3.8) is 0 Å². The Bertz CT molecular complexity index is 589. The lowest BCUT2D eigenvalue weighted by molar-refractivity contribution is 0.619. The molecule has 1 atom stereocenters. The van der Waals surface area contributed by atoms with Crippen LogP contribution in [0.25, 0.3) is 10.9 Å². The largest absolute Gasteiger partial charge is 0.347 e. The molecule has 0 bridgehead atoms. The lowest BCUT2D eigenvalue weighted by atomic mass is 9.95. The molecule has 1 aliphatic carbocycles. The molecule has 0 N–H and O–H groups in total. The molecule has 1 nitrogen and oxygen atoms in total. The van der Waals surface area contributed by atoms with Gasteiger partial charge in [0, 0.05) is 23.6 Å². The number of hydrogen-bond donors (Lipinski definition) is 0. The maximum Gasteiger partial charge on any atom is 0.0540 e. The van der Waals surface area contributed by atoms with Crippen LogP contribution in [0.5, 0.6) is 0 Å². The summed E-state index contributed by atoms with van der Waals surface area (Å²) in [5.74, 6) is 0. The number of nitrogens with zero attached hydrogens (tertiary/aromatic N) is 1. The number of aromatic nitrogens is 1. The van der Waals surface area contributed by atoms with Crippen LogP contribution in [0.4, 0.5) is 0 Å². The molecule has 0 amide bonds. The first kappa shape index (κ1) is 12.0. The smallest absolute Gasteiger partial charge is 0.0540 e. The summed E-state index contributed by atoms with van der Waals surface area (Å²) >= 11 is 0. The van der Waals surface area contributed by atoms with Gasteiger partial charge in [0.25, 0.3) is 0 Å². The minimum Gasteiger partial charge on any atom is -0.347 e. The number of fused-ring (bicyclic) bond motifs is 3. The Hall–Kier alpha value is -1.02. The second-order valence-corrected chi connectivity index (χ2v) is 12.2. The topological polar surface area (TPSA) is 4.93 Å². The van der Waals surface area contributed by atoms with Gasteiger partial charge in [-0.05, 0) is 36.4 Å². The lowest BCUT2D eigenvalue weighted by Crippen LogP contribution is -2.34. The van der Waals surface area contributed by atoms with Gasteiger partial charge in [-0.3, -0.25) is 0 Å². The molecule has 1 heterocycles. The van der Waals surface area contributed by atoms with Gasteiger partial charge < -0.3 is 4.57 Å². The van der Waals surface area contributed by atoms with Crippen molar-refractivity contribution in [1.29, 1.82) is 0 Å². The van der Waals surface area contributed by atoms with Crippen LogP contribution < -0.4 is 0 Å². The molecule has 0 saturated heterocycles. The summed E-state index contributed by atoms with van der Waals surface area (Å²) in [5.41, 5.74) is 5.56. The zero-order valence-corrected chi connectivity index (χ0v) is 13.0. The van der Waals surface area contributed by atoms with Crippen molar-refractivity contribution in [3.05, 3.63) is 35.5 Å². The summed E-state index contributed by atoms with van der Waals surface area (Å²) in [6.45, 7) is 7.55. The number of hydrogen-bond acceptors (Lipinski definition) is 0. The fourth-order valence-electron chi connectivity index (χ4n) is 3.66. The molecule has 1 unspecified atom stereocenters. The van der Waals surface area contributed by atoms with Crippen LogP contribution in [-0.4, -0.2) is 12.6 Å². The Morgan fingerprint density at radius 1 is 1.17 bits per heavy atom. The van der Waals surface area contributed by atoms with E-state index in [-0.39, 0.29) is 0 Å². The molecule has 3 rings (SSSR count). The van der Waals surface area contributed by atoms with Gasteiger partial charge in [-0.25, -0.2) is 0 Å². The summed E-state index contributed by atoms with van der Waals surface area (Å²) in [6.07, 6.45) is 4.04. The molecule has 2 heteroatoms. The third-order valence-electron chi connectivity index (χ3n) is 4.56. The van der Waals surface area contributed by atoms with Crippen molar-refractivity contribution < 1.29 is 0 Å². The van der Waals surface area contributed by atoms with E-state index < -0.39 is 8.07 Å². The maximum atomic E-state index is 2.52. The highest BCUT2D eigenvalue weighted by molar-refractivity contribution is 6.77. The Morgan fingerprint density at radius 3 is 2.61 bits per heavy atom. The van der Waals surface area contributed by atoms with Gasteiger partial charge in [-0.2, -0.15) is 0 Å². The van der Waals surface area contributed by atoms with Crippen molar-refractivity contribution in [3.8, 4) is 0 Å². The van der Waals surface area contributed by atoms with E-state index in [1.807, 2.05) is 0 Å². The fourth-order valence-corrected chi connectivity index (χ4v) is 5.92. The van der Waals surface area contributed by atoms with Crippen LogP contribution in [0.15, 0.2) is 24.3 Å². The van der Waals surface area contributed by atoms with Gasteiger partial charge in [-0.1, -0.05) is 37.8 Å². The molecule has 1 aliphatic rings. The van der Waals surface area contributed by atoms with E-state index >= 15 is 0 Å². The monoisotopic (exact) mass is 257 g/mol. The highest BCUT2D eigenvalue weighted by atomic mass is 28.3. The highest BCUT2D eigenvalue weighted by Gasteiger charge is 2.35. The Labute approximate surface area is 111 Å². The SMILES string of the molecule is Cn1c2c(c3ccccc31)CCCC2[Si](C)(C)C. The summed E-state index contributed by atoms with van der Waals surface area (Å²) in [7, 11) is 1.14. The quantitative estimate of drug-likeness (QED) is 0.664. The number of aryl methyl sites for hydroxylation is 2. The summed E-state index contributed by atoms with van der Waals surface area (Å²) in [6, 6.07) is 8.92. The summed E-state index contributed by atoms with van der Waals surface area (Å²) < 4.78 is 2.48. The van der Waals surface area contributed by atoms with Gasteiger partial charge in [0.1, 0.15) is 0 Å². The molecule has 0 aliphatic heterocycles. The average Bonchev–Trinajstić information content (AvgIpc) is 2.63. The zero-order valence-electron chi connectivity index (χ0n) is 12.0. The Balaban J connectivity index is 2.30. The Kier molecular flexibility index (Phi) is 2.67. The van der Waals surface area contributed by atoms with Crippen molar-refractivity contribution in [2.24, 2.45) is 7.05 Å². The molecular weight excluding hydrogens is 234 g/mol. The van der Waals surface area contributed by atoms with Crippen LogP contribution in [0.2, 0.25) is 19.6 Å². The van der Waals surface area contributed by atoms with Gasteiger partial charge in [0.05, 0.1) is 8.07 Å². The van der Waals surface area contributed by atoms with Gasteiger partial charge >= 0.3 is 0 Å². The van der Waals surface area contributed by atoms with Crippen LogP contribution in [0.3, 0.4) is 0 Å². The van der Waals surface area contributed by atoms with Gasteiger partial charge in [0.2, 0.25) is 0 Å². The van der Waals surface area contributed by atoms with Crippen LogP contribution in [0.1, 0.15) is 29.6 Å². The minimum absolute atomic E-state index is 0.832. The van der Waals surface area contributed by atoms with E-state index in [1.54, 1.807) is 11.3 Å². The standard InChI is InChI=1S/C16H23NSi/c1-17-14-10-6-5-8-12(14)13-9-7-11-15(16(13)17)18(2,3)4/h5-6,8,10,15H,7,9,11H2,1-4H3. The predicted octanol–water partition coefficient (Wildman–Crippen LogP) is 4.48. The molecule has 1 aromatic carbocycles. The second kappa shape index (κ2) is 3.99. The normalized spacial score (nSPS) is 20.1. The van der Waals surface area contributed by atoms with Crippen LogP contribution >= 0.6 is 0 Å². The molecule has 0 radical (unpaired) electrons. The van der Waals surface area contributed by atoms with E-state index in [0.29, 0.717) is 0 Å². The molecule has 0 spiro atoms. The molecule has 0 fully saturated rings. The maximum absolute atomic E-state index is 2.52. The minimum atomic E-state index is -1.12. The average molecular weight is 257 g/mol. The zero-order chi connectivity index (χ0) is 12.9. The van der Waals surface area contributed by atoms with Crippen molar-refractivity contribution in [1.82, 2.24) is 4.57 Å². The third kappa shape index (κ3) is 1.66. The number of benzene rings is 1. The molecule has 18 heavy (non-hydrogen) atoms. The van der Waals surface area contributed by atoms with Gasteiger partial charge in [-0.15, -0.1) is 0 Å².